The summed E-state index contributed by atoms with van der Waals surface area (Å²) in [5.74, 6) is 0.723. The molecular weight excluding hydrogens is 268 g/mol. The Bertz CT molecular complexity index is 487. The van der Waals surface area contributed by atoms with Crippen molar-refractivity contribution in [1.82, 2.24) is 0 Å². The molecule has 0 radical (unpaired) electrons. The second-order valence-corrected chi connectivity index (χ2v) is 4.88. The van der Waals surface area contributed by atoms with Crippen LogP contribution < -0.4 is 9.47 Å². The average Bonchev–Trinajstić information content (AvgIpc) is 2.83. The number of Topliss-reactive ketones (excluding diaryl/α,β-unsaturated/α-hetero) is 1. The molecule has 1 aromatic rings. The normalized spacial score (nSPS) is 22.3. The van der Waals surface area contributed by atoms with Crippen LogP contribution >= 0.6 is 11.6 Å². The Morgan fingerprint density at radius 3 is 2.63 bits per heavy atom. The lowest BCUT2D eigenvalue weighted by molar-refractivity contribution is 0.0762. The first kappa shape index (κ1) is 14.2. The third-order valence-electron chi connectivity index (χ3n) is 3.46. The number of ketones is 1. The van der Waals surface area contributed by atoms with Gasteiger partial charge in [0.2, 0.25) is 0 Å². The van der Waals surface area contributed by atoms with Crippen molar-refractivity contribution in [2.75, 3.05) is 20.8 Å². The van der Waals surface area contributed by atoms with E-state index in [9.17, 15) is 4.79 Å². The van der Waals surface area contributed by atoms with Gasteiger partial charge in [0.15, 0.2) is 11.5 Å². The quantitative estimate of drug-likeness (QED) is 0.798. The molecule has 2 unspecified atom stereocenters. The number of halogens is 1. The predicted molar refractivity (Wildman–Crippen MR) is 72.4 cm³/mol. The van der Waals surface area contributed by atoms with E-state index < -0.39 is 0 Å². The first-order chi connectivity index (χ1) is 9.10. The number of hydrogen-bond acceptors (Lipinski definition) is 4. The maximum Gasteiger partial charge on any atom is 0.172 e. The molecule has 1 aliphatic rings. The van der Waals surface area contributed by atoms with Crippen molar-refractivity contribution in [2.45, 2.75) is 19.4 Å². The van der Waals surface area contributed by atoms with Crippen molar-refractivity contribution in [3.8, 4) is 11.5 Å². The van der Waals surface area contributed by atoms with E-state index in [0.29, 0.717) is 28.7 Å². The highest BCUT2D eigenvalue weighted by Crippen LogP contribution is 2.39. The van der Waals surface area contributed by atoms with Gasteiger partial charge in [0.25, 0.3) is 0 Å². The monoisotopic (exact) mass is 284 g/mol. The fraction of sp³-hybridized carbons (Fsp3) is 0.500. The minimum Gasteiger partial charge on any atom is -0.495 e. The van der Waals surface area contributed by atoms with Crippen LogP contribution in [0.3, 0.4) is 0 Å². The zero-order valence-electron chi connectivity index (χ0n) is 11.2. The molecule has 0 bridgehead atoms. The first-order valence-electron chi connectivity index (χ1n) is 6.16. The smallest absolute Gasteiger partial charge is 0.172 e. The highest BCUT2D eigenvalue weighted by Gasteiger charge is 2.33. The number of hydrogen-bond donors (Lipinski definition) is 0. The minimum atomic E-state index is -0.140. The molecule has 2 rings (SSSR count). The predicted octanol–water partition coefficient (Wildman–Crippen LogP) is 2.96. The van der Waals surface area contributed by atoms with E-state index >= 15 is 0 Å². The molecule has 1 saturated heterocycles. The number of carbonyl (C=O) groups excluding carboxylic acids is 1. The minimum absolute atomic E-state index is 0.00593. The van der Waals surface area contributed by atoms with Crippen LogP contribution in [-0.2, 0) is 4.74 Å². The Hall–Kier alpha value is -1.26. The van der Waals surface area contributed by atoms with Crippen LogP contribution in [0.5, 0.6) is 11.5 Å². The zero-order valence-corrected chi connectivity index (χ0v) is 12.0. The van der Waals surface area contributed by atoms with Gasteiger partial charge < -0.3 is 14.2 Å². The standard InChI is InChI=1S/C14H17ClO4/c1-8-9(6-7-19-8)13(16)10-4-5-11(17-2)12(15)14(10)18-3/h4-5,8-9H,6-7H2,1-3H3. The van der Waals surface area contributed by atoms with Crippen LogP contribution in [0.1, 0.15) is 23.7 Å². The van der Waals surface area contributed by atoms with Crippen LogP contribution in [0, 0.1) is 5.92 Å². The highest BCUT2D eigenvalue weighted by molar-refractivity contribution is 6.34. The van der Waals surface area contributed by atoms with Gasteiger partial charge in [-0.2, -0.15) is 0 Å². The summed E-state index contributed by atoms with van der Waals surface area (Å²) < 4.78 is 15.8. The van der Waals surface area contributed by atoms with E-state index in [4.69, 9.17) is 25.8 Å². The average molecular weight is 285 g/mol. The number of benzene rings is 1. The van der Waals surface area contributed by atoms with E-state index in [2.05, 4.69) is 0 Å². The molecule has 1 heterocycles. The van der Waals surface area contributed by atoms with Crippen molar-refractivity contribution in [3.63, 3.8) is 0 Å². The Labute approximate surface area is 117 Å². The van der Waals surface area contributed by atoms with Gasteiger partial charge in [0, 0.05) is 6.61 Å². The van der Waals surface area contributed by atoms with Crippen molar-refractivity contribution in [3.05, 3.63) is 22.7 Å². The van der Waals surface area contributed by atoms with Crippen molar-refractivity contribution in [2.24, 2.45) is 5.92 Å². The Kier molecular flexibility index (Phi) is 4.32. The SMILES string of the molecule is COc1ccc(C(=O)C2CCOC2C)c(OC)c1Cl. The second kappa shape index (κ2) is 5.80. The van der Waals surface area contributed by atoms with Gasteiger partial charge in [-0.3, -0.25) is 4.79 Å². The molecule has 4 nitrogen and oxygen atoms in total. The number of carbonyl (C=O) groups is 1. The largest absolute Gasteiger partial charge is 0.495 e. The Balaban J connectivity index is 2.39. The summed E-state index contributed by atoms with van der Waals surface area (Å²) in [4.78, 5) is 12.5. The fourth-order valence-electron chi connectivity index (χ4n) is 2.37. The lowest BCUT2D eigenvalue weighted by Crippen LogP contribution is -2.22. The van der Waals surface area contributed by atoms with Gasteiger partial charge in [-0.25, -0.2) is 0 Å². The highest BCUT2D eigenvalue weighted by atomic mass is 35.5. The van der Waals surface area contributed by atoms with Crippen molar-refractivity contribution < 1.29 is 19.0 Å². The summed E-state index contributed by atoms with van der Waals surface area (Å²) in [7, 11) is 3.01. The van der Waals surface area contributed by atoms with E-state index in [-0.39, 0.29) is 17.8 Å². The zero-order chi connectivity index (χ0) is 14.0. The van der Waals surface area contributed by atoms with Gasteiger partial charge in [-0.1, -0.05) is 11.6 Å². The molecule has 0 amide bonds. The molecule has 1 aliphatic heterocycles. The lowest BCUT2D eigenvalue weighted by Gasteiger charge is -2.16. The molecular formula is C14H17ClO4. The Morgan fingerprint density at radius 1 is 1.37 bits per heavy atom. The molecule has 0 aliphatic carbocycles. The maximum absolute atomic E-state index is 12.5. The third-order valence-corrected chi connectivity index (χ3v) is 3.82. The van der Waals surface area contributed by atoms with Gasteiger partial charge in [0.1, 0.15) is 10.8 Å². The van der Waals surface area contributed by atoms with Gasteiger partial charge in [-0.05, 0) is 25.5 Å². The number of methoxy groups -OCH3 is 2. The lowest BCUT2D eigenvalue weighted by atomic mass is 9.92. The summed E-state index contributed by atoms with van der Waals surface area (Å²) in [6.07, 6.45) is 0.658. The first-order valence-corrected chi connectivity index (χ1v) is 6.54. The van der Waals surface area contributed by atoms with Gasteiger partial charge >= 0.3 is 0 Å². The fourth-order valence-corrected chi connectivity index (χ4v) is 2.68. The molecule has 0 spiro atoms. The van der Waals surface area contributed by atoms with Crippen molar-refractivity contribution in [1.29, 1.82) is 0 Å². The van der Waals surface area contributed by atoms with E-state index in [1.807, 2.05) is 6.92 Å². The maximum atomic E-state index is 12.5. The molecule has 1 fully saturated rings. The second-order valence-electron chi connectivity index (χ2n) is 4.50. The molecule has 0 N–H and O–H groups in total. The van der Waals surface area contributed by atoms with Gasteiger partial charge in [-0.15, -0.1) is 0 Å². The molecule has 104 valence electrons. The summed E-state index contributed by atoms with van der Waals surface area (Å²) in [5, 5.41) is 0.322. The summed E-state index contributed by atoms with van der Waals surface area (Å²) >= 11 is 6.17. The number of rotatable bonds is 4. The van der Waals surface area contributed by atoms with E-state index in [1.165, 1.54) is 14.2 Å². The molecule has 1 aromatic carbocycles. The number of ether oxygens (including phenoxy) is 3. The third kappa shape index (κ3) is 2.55. The molecule has 19 heavy (non-hydrogen) atoms. The summed E-state index contributed by atoms with van der Waals surface area (Å²) in [6.45, 7) is 2.52. The van der Waals surface area contributed by atoms with Gasteiger partial charge in [0.05, 0.1) is 31.8 Å². The van der Waals surface area contributed by atoms with Crippen LogP contribution in [0.15, 0.2) is 12.1 Å². The Morgan fingerprint density at radius 2 is 2.11 bits per heavy atom. The molecule has 5 heteroatoms. The van der Waals surface area contributed by atoms with E-state index in [0.717, 1.165) is 6.42 Å². The molecule has 0 saturated carbocycles. The van der Waals surface area contributed by atoms with Crippen LogP contribution in [0.25, 0.3) is 0 Å². The molecule has 0 aromatic heterocycles. The topological polar surface area (TPSA) is 44.8 Å². The molecule has 2 atom stereocenters. The van der Waals surface area contributed by atoms with Crippen LogP contribution in [-0.4, -0.2) is 32.7 Å². The van der Waals surface area contributed by atoms with Crippen molar-refractivity contribution >= 4 is 17.4 Å². The van der Waals surface area contributed by atoms with Crippen LogP contribution in [0.4, 0.5) is 0 Å². The summed E-state index contributed by atoms with van der Waals surface area (Å²) in [6, 6.07) is 3.37. The van der Waals surface area contributed by atoms with Crippen LogP contribution in [0.2, 0.25) is 5.02 Å². The van der Waals surface area contributed by atoms with E-state index in [1.54, 1.807) is 12.1 Å². The summed E-state index contributed by atoms with van der Waals surface area (Å²) in [5.41, 5.74) is 0.482.